The van der Waals surface area contributed by atoms with Crippen molar-refractivity contribution in [3.63, 3.8) is 0 Å². The molecule has 0 aliphatic carbocycles. The Morgan fingerprint density at radius 2 is 2.35 bits per heavy atom. The SMILES string of the molecule is CC(CO)CCCNC(c1ccco1)c1nccn1C. The summed E-state index contributed by atoms with van der Waals surface area (Å²) in [6.07, 6.45) is 7.43. The highest BCUT2D eigenvalue weighted by Crippen LogP contribution is 2.20. The molecule has 0 spiro atoms. The van der Waals surface area contributed by atoms with Gasteiger partial charge in [0, 0.05) is 26.0 Å². The molecule has 0 aliphatic rings. The summed E-state index contributed by atoms with van der Waals surface area (Å²) >= 11 is 0. The van der Waals surface area contributed by atoms with Crippen molar-refractivity contribution < 1.29 is 9.52 Å². The van der Waals surface area contributed by atoms with Crippen molar-refractivity contribution in [2.45, 2.75) is 25.8 Å². The topological polar surface area (TPSA) is 63.2 Å². The van der Waals surface area contributed by atoms with E-state index in [1.807, 2.05) is 29.9 Å². The number of hydrogen-bond donors (Lipinski definition) is 2. The van der Waals surface area contributed by atoms with Gasteiger partial charge in [-0.05, 0) is 37.4 Å². The third-order valence-corrected chi connectivity index (χ3v) is 3.48. The minimum atomic E-state index is -0.0329. The van der Waals surface area contributed by atoms with Crippen LogP contribution in [-0.2, 0) is 7.05 Å². The van der Waals surface area contributed by atoms with Crippen molar-refractivity contribution in [2.24, 2.45) is 13.0 Å². The minimum absolute atomic E-state index is 0.0329. The Kier molecular flexibility index (Phi) is 5.38. The molecule has 0 saturated carbocycles. The molecule has 2 aromatic heterocycles. The first-order chi connectivity index (χ1) is 9.72. The molecule has 0 aromatic carbocycles. The Morgan fingerprint density at radius 3 is 2.95 bits per heavy atom. The quantitative estimate of drug-likeness (QED) is 0.725. The van der Waals surface area contributed by atoms with Crippen LogP contribution < -0.4 is 5.32 Å². The first-order valence-corrected chi connectivity index (χ1v) is 7.07. The van der Waals surface area contributed by atoms with Gasteiger partial charge < -0.3 is 19.4 Å². The van der Waals surface area contributed by atoms with Crippen molar-refractivity contribution in [1.29, 1.82) is 0 Å². The number of aliphatic hydroxyl groups excluding tert-OH is 1. The lowest BCUT2D eigenvalue weighted by Crippen LogP contribution is -2.26. The third-order valence-electron chi connectivity index (χ3n) is 3.48. The van der Waals surface area contributed by atoms with Gasteiger partial charge in [-0.2, -0.15) is 0 Å². The van der Waals surface area contributed by atoms with Crippen molar-refractivity contribution in [2.75, 3.05) is 13.2 Å². The van der Waals surface area contributed by atoms with Crippen LogP contribution in [-0.4, -0.2) is 27.8 Å². The van der Waals surface area contributed by atoms with E-state index in [1.54, 1.807) is 12.5 Å². The number of rotatable bonds is 8. The molecule has 0 radical (unpaired) electrons. The first-order valence-electron chi connectivity index (χ1n) is 7.07. The Labute approximate surface area is 119 Å². The van der Waals surface area contributed by atoms with Crippen LogP contribution in [0.3, 0.4) is 0 Å². The molecule has 5 nitrogen and oxygen atoms in total. The van der Waals surface area contributed by atoms with Gasteiger partial charge in [0.15, 0.2) is 0 Å². The normalized spacial score (nSPS) is 14.3. The summed E-state index contributed by atoms with van der Waals surface area (Å²) in [4.78, 5) is 4.40. The Bertz CT molecular complexity index is 493. The number of imidazole rings is 1. The molecular formula is C15H23N3O2. The van der Waals surface area contributed by atoms with Crippen LogP contribution in [0.1, 0.15) is 37.4 Å². The van der Waals surface area contributed by atoms with E-state index in [9.17, 15) is 0 Å². The minimum Gasteiger partial charge on any atom is -0.467 e. The van der Waals surface area contributed by atoms with Crippen LogP contribution in [0, 0.1) is 5.92 Å². The van der Waals surface area contributed by atoms with Crippen LogP contribution >= 0.6 is 0 Å². The number of nitrogens with one attached hydrogen (secondary N) is 1. The molecule has 2 unspecified atom stereocenters. The van der Waals surface area contributed by atoms with Gasteiger partial charge in [0.2, 0.25) is 0 Å². The monoisotopic (exact) mass is 277 g/mol. The van der Waals surface area contributed by atoms with Gasteiger partial charge >= 0.3 is 0 Å². The Balaban J connectivity index is 1.97. The van der Waals surface area contributed by atoms with Crippen LogP contribution in [0.2, 0.25) is 0 Å². The number of nitrogens with zero attached hydrogens (tertiary/aromatic N) is 2. The lowest BCUT2D eigenvalue weighted by atomic mass is 10.1. The molecule has 2 N–H and O–H groups in total. The zero-order chi connectivity index (χ0) is 14.4. The molecule has 110 valence electrons. The van der Waals surface area contributed by atoms with Gasteiger partial charge in [-0.25, -0.2) is 4.98 Å². The van der Waals surface area contributed by atoms with Crippen molar-refractivity contribution in [3.8, 4) is 0 Å². The van der Waals surface area contributed by atoms with E-state index in [0.717, 1.165) is 31.0 Å². The van der Waals surface area contributed by atoms with E-state index in [2.05, 4.69) is 17.2 Å². The molecule has 0 aliphatic heterocycles. The van der Waals surface area contributed by atoms with Crippen molar-refractivity contribution >= 4 is 0 Å². The van der Waals surface area contributed by atoms with Gasteiger partial charge in [0.1, 0.15) is 17.6 Å². The second kappa shape index (κ2) is 7.26. The molecule has 20 heavy (non-hydrogen) atoms. The van der Waals surface area contributed by atoms with Gasteiger partial charge in [-0.15, -0.1) is 0 Å². The van der Waals surface area contributed by atoms with E-state index in [4.69, 9.17) is 9.52 Å². The molecule has 2 aromatic rings. The average molecular weight is 277 g/mol. The largest absolute Gasteiger partial charge is 0.467 e. The molecule has 2 atom stereocenters. The predicted molar refractivity (Wildman–Crippen MR) is 77.2 cm³/mol. The smallest absolute Gasteiger partial charge is 0.133 e. The first kappa shape index (κ1) is 14.8. The molecule has 0 amide bonds. The summed E-state index contributed by atoms with van der Waals surface area (Å²) < 4.78 is 7.51. The van der Waals surface area contributed by atoms with Crippen molar-refractivity contribution in [1.82, 2.24) is 14.9 Å². The fourth-order valence-corrected chi connectivity index (χ4v) is 2.22. The maximum atomic E-state index is 9.03. The number of furan rings is 1. The lowest BCUT2D eigenvalue weighted by molar-refractivity contribution is 0.227. The average Bonchev–Trinajstić information content (AvgIpc) is 3.10. The summed E-state index contributed by atoms with van der Waals surface area (Å²) in [6, 6.07) is 3.82. The number of aliphatic hydroxyl groups is 1. The van der Waals surface area contributed by atoms with Crippen LogP contribution in [0.15, 0.2) is 35.2 Å². The molecular weight excluding hydrogens is 254 g/mol. The van der Waals surface area contributed by atoms with Crippen molar-refractivity contribution in [3.05, 3.63) is 42.4 Å². The second-order valence-electron chi connectivity index (χ2n) is 5.23. The Hall–Kier alpha value is -1.59. The van der Waals surface area contributed by atoms with Crippen LogP contribution in [0.5, 0.6) is 0 Å². The Morgan fingerprint density at radius 1 is 1.50 bits per heavy atom. The summed E-state index contributed by atoms with van der Waals surface area (Å²) in [5.74, 6) is 2.16. The second-order valence-corrected chi connectivity index (χ2v) is 5.23. The van der Waals surface area contributed by atoms with Gasteiger partial charge in [0.25, 0.3) is 0 Å². The summed E-state index contributed by atoms with van der Waals surface area (Å²) in [6.45, 7) is 3.17. The number of aryl methyl sites for hydroxylation is 1. The molecule has 0 bridgehead atoms. The molecule has 2 rings (SSSR count). The summed E-state index contributed by atoms with van der Waals surface area (Å²) in [5, 5.41) is 12.5. The molecule has 0 saturated heterocycles. The van der Waals surface area contributed by atoms with E-state index in [1.165, 1.54) is 0 Å². The van der Waals surface area contributed by atoms with Crippen LogP contribution in [0.4, 0.5) is 0 Å². The zero-order valence-electron chi connectivity index (χ0n) is 12.1. The summed E-state index contributed by atoms with van der Waals surface area (Å²) in [5.41, 5.74) is 0. The van der Waals surface area contributed by atoms with Gasteiger partial charge in [-0.1, -0.05) is 6.92 Å². The lowest BCUT2D eigenvalue weighted by Gasteiger charge is -2.17. The van der Waals surface area contributed by atoms with Crippen LogP contribution in [0.25, 0.3) is 0 Å². The zero-order valence-corrected chi connectivity index (χ0v) is 12.1. The maximum Gasteiger partial charge on any atom is 0.133 e. The molecule has 2 heterocycles. The van der Waals surface area contributed by atoms with E-state index >= 15 is 0 Å². The molecule has 0 fully saturated rings. The van der Waals surface area contributed by atoms with E-state index < -0.39 is 0 Å². The van der Waals surface area contributed by atoms with Gasteiger partial charge in [-0.3, -0.25) is 0 Å². The van der Waals surface area contributed by atoms with Gasteiger partial charge in [0.05, 0.1) is 6.26 Å². The third kappa shape index (κ3) is 3.71. The highest BCUT2D eigenvalue weighted by Gasteiger charge is 2.20. The fourth-order valence-electron chi connectivity index (χ4n) is 2.22. The number of hydrogen-bond acceptors (Lipinski definition) is 4. The fraction of sp³-hybridized carbons (Fsp3) is 0.533. The highest BCUT2D eigenvalue weighted by molar-refractivity contribution is 5.15. The standard InChI is InChI=1S/C15H23N3O2/c1-12(11-19)5-3-7-16-14(13-6-4-10-20-13)15-17-8-9-18(15)2/h4,6,8-10,12,14,16,19H,3,5,7,11H2,1-2H3. The number of aromatic nitrogens is 2. The maximum absolute atomic E-state index is 9.03. The highest BCUT2D eigenvalue weighted by atomic mass is 16.3. The van der Waals surface area contributed by atoms with E-state index in [0.29, 0.717) is 5.92 Å². The van der Waals surface area contributed by atoms with E-state index in [-0.39, 0.29) is 12.6 Å². The summed E-state index contributed by atoms with van der Waals surface area (Å²) in [7, 11) is 1.98. The molecule has 5 heteroatoms. The predicted octanol–water partition coefficient (Wildman–Crippen LogP) is 2.10.